The van der Waals surface area contributed by atoms with Crippen LogP contribution in [0.25, 0.3) is 5.57 Å². The van der Waals surface area contributed by atoms with E-state index in [0.29, 0.717) is 5.92 Å². The van der Waals surface area contributed by atoms with Gasteiger partial charge in [-0.15, -0.1) is 0 Å². The minimum atomic E-state index is -0.625. The summed E-state index contributed by atoms with van der Waals surface area (Å²) in [6.07, 6.45) is 19.9. The summed E-state index contributed by atoms with van der Waals surface area (Å²) in [5.74, 6) is 4.75. The van der Waals surface area contributed by atoms with E-state index in [1.165, 1.54) is 47.2 Å². The SMILES string of the molecule is CC(C1C=CC=C1c1ccccc1P(c1ccccc1)c1ccccc1)P(C1CC2CCC1C2)C1CC2CCC1C2. The first-order valence-electron chi connectivity index (χ1n) is 16.4. The maximum absolute atomic E-state index is 2.71. The maximum Gasteiger partial charge on any atom is 0.00923 e. The molecule has 4 fully saturated rings. The van der Waals surface area contributed by atoms with Crippen molar-refractivity contribution in [3.05, 3.63) is 109 Å². The third-order valence-corrected chi connectivity index (χ3v) is 18.2. The van der Waals surface area contributed by atoms with E-state index < -0.39 is 7.92 Å². The summed E-state index contributed by atoms with van der Waals surface area (Å²) in [7, 11) is -0.606. The van der Waals surface area contributed by atoms with Crippen LogP contribution in [0.4, 0.5) is 0 Å². The summed E-state index contributed by atoms with van der Waals surface area (Å²) in [5.41, 5.74) is 5.96. The molecule has 0 N–H and O–H groups in total. The van der Waals surface area contributed by atoms with Crippen molar-refractivity contribution in [1.82, 2.24) is 0 Å². The third kappa shape index (κ3) is 4.83. The van der Waals surface area contributed by atoms with Gasteiger partial charge in [-0.25, -0.2) is 0 Å². The summed E-state index contributed by atoms with van der Waals surface area (Å²) in [5, 5.41) is 4.42. The maximum atomic E-state index is 2.71. The fraction of sp³-hybridized carbons (Fsp3) is 0.436. The molecule has 0 nitrogen and oxygen atoms in total. The van der Waals surface area contributed by atoms with Crippen LogP contribution in [0, 0.1) is 29.6 Å². The highest BCUT2D eigenvalue weighted by Gasteiger charge is 2.52. The van der Waals surface area contributed by atoms with Crippen LogP contribution < -0.4 is 15.9 Å². The van der Waals surface area contributed by atoms with E-state index in [9.17, 15) is 0 Å². The van der Waals surface area contributed by atoms with Gasteiger partial charge in [0.2, 0.25) is 0 Å². The van der Waals surface area contributed by atoms with E-state index in [2.05, 4.69) is 110 Å². The summed E-state index contributed by atoms with van der Waals surface area (Å²) < 4.78 is 0. The van der Waals surface area contributed by atoms with Crippen molar-refractivity contribution in [3.63, 3.8) is 0 Å². The molecule has 3 aromatic rings. The van der Waals surface area contributed by atoms with Crippen molar-refractivity contribution in [2.75, 3.05) is 0 Å². The van der Waals surface area contributed by atoms with Crippen LogP contribution >= 0.6 is 15.8 Å². The molecule has 0 radical (unpaired) electrons. The molecule has 4 bridgehead atoms. The number of benzene rings is 3. The zero-order valence-corrected chi connectivity index (χ0v) is 26.3. The Balaban J connectivity index is 1.17. The highest BCUT2D eigenvalue weighted by atomic mass is 31.1. The molecule has 4 saturated carbocycles. The van der Waals surface area contributed by atoms with Crippen molar-refractivity contribution in [1.29, 1.82) is 0 Å². The van der Waals surface area contributed by atoms with E-state index in [4.69, 9.17) is 0 Å². The fourth-order valence-corrected chi connectivity index (χ4v) is 17.3. The standard InChI is InChI=1S/C39H44P2/c1-27(40(38-25-28-19-21-30(38)23-28)39-26-29-20-22-31(39)24-29)34-16-10-17-35(34)36-15-8-9-18-37(36)41(32-11-4-2-5-12-32)33-13-6-3-7-14-33/h2-18,27-31,34,38-39H,19-26H2,1H3. The molecule has 0 aromatic heterocycles. The predicted molar refractivity (Wildman–Crippen MR) is 181 cm³/mol. The molecule has 0 spiro atoms. The number of hydrogen-bond acceptors (Lipinski definition) is 0. The van der Waals surface area contributed by atoms with Crippen LogP contribution in [-0.4, -0.2) is 17.0 Å². The van der Waals surface area contributed by atoms with Gasteiger partial charge in [-0.2, -0.15) is 0 Å². The van der Waals surface area contributed by atoms with E-state index in [-0.39, 0.29) is 7.92 Å². The van der Waals surface area contributed by atoms with Gasteiger partial charge in [0.05, 0.1) is 0 Å². The van der Waals surface area contributed by atoms with Gasteiger partial charge in [0, 0.05) is 5.92 Å². The molecule has 5 aliphatic rings. The van der Waals surface area contributed by atoms with Gasteiger partial charge in [0.25, 0.3) is 0 Å². The number of allylic oxidation sites excluding steroid dienone is 4. The molecule has 8 atom stereocenters. The molecular weight excluding hydrogens is 530 g/mol. The van der Waals surface area contributed by atoms with Gasteiger partial charge < -0.3 is 0 Å². The van der Waals surface area contributed by atoms with Crippen molar-refractivity contribution >= 4 is 37.3 Å². The normalized spacial score (nSPS) is 33.0. The van der Waals surface area contributed by atoms with Crippen LogP contribution in [0.5, 0.6) is 0 Å². The number of hydrogen-bond donors (Lipinski definition) is 0. The van der Waals surface area contributed by atoms with Crippen LogP contribution in [-0.2, 0) is 0 Å². The zero-order chi connectivity index (χ0) is 27.3. The minimum absolute atomic E-state index is 0.0190. The first-order chi connectivity index (χ1) is 20.2. The Labute approximate surface area is 250 Å². The highest BCUT2D eigenvalue weighted by Crippen LogP contribution is 2.70. The molecule has 2 heteroatoms. The van der Waals surface area contributed by atoms with Gasteiger partial charge in [-0.3, -0.25) is 0 Å². The fourth-order valence-electron chi connectivity index (χ4n) is 9.87. The lowest BCUT2D eigenvalue weighted by Crippen LogP contribution is -2.32. The smallest absolute Gasteiger partial charge is 0.00923 e. The monoisotopic (exact) mass is 574 g/mol. The Kier molecular flexibility index (Phi) is 7.30. The average Bonchev–Trinajstić information content (AvgIpc) is 3.86. The largest absolute Gasteiger partial charge is 0.0959 e. The van der Waals surface area contributed by atoms with Gasteiger partial charge in [0.15, 0.2) is 0 Å². The molecule has 0 saturated heterocycles. The summed E-state index contributed by atoms with van der Waals surface area (Å²) in [4.78, 5) is 0. The lowest BCUT2D eigenvalue weighted by Gasteiger charge is -2.44. The first-order valence-corrected chi connectivity index (χ1v) is 19.3. The van der Waals surface area contributed by atoms with Crippen molar-refractivity contribution in [2.45, 2.75) is 75.3 Å². The molecule has 41 heavy (non-hydrogen) atoms. The Morgan fingerprint density at radius 2 is 1.20 bits per heavy atom. The van der Waals surface area contributed by atoms with Crippen LogP contribution in [0.2, 0.25) is 0 Å². The number of fused-ring (bicyclic) bond motifs is 4. The first kappa shape index (κ1) is 26.6. The van der Waals surface area contributed by atoms with Gasteiger partial charge in [-0.05, 0) is 114 Å². The second-order valence-corrected chi connectivity index (χ2v) is 18.9. The summed E-state index contributed by atoms with van der Waals surface area (Å²) >= 11 is 0. The molecule has 5 aliphatic carbocycles. The van der Waals surface area contributed by atoms with E-state index in [1.807, 2.05) is 0 Å². The Hall–Kier alpha value is -2.00. The third-order valence-electron chi connectivity index (χ3n) is 11.6. The molecule has 210 valence electrons. The number of rotatable bonds is 8. The molecule has 0 aliphatic heterocycles. The molecule has 3 aromatic carbocycles. The van der Waals surface area contributed by atoms with E-state index in [0.717, 1.165) is 40.6 Å². The van der Waals surface area contributed by atoms with Crippen LogP contribution in [0.1, 0.15) is 63.9 Å². The summed E-state index contributed by atoms with van der Waals surface area (Å²) in [6.45, 7) is 2.71. The van der Waals surface area contributed by atoms with E-state index >= 15 is 0 Å². The van der Waals surface area contributed by atoms with Crippen molar-refractivity contribution < 1.29 is 0 Å². The molecule has 8 rings (SSSR count). The van der Waals surface area contributed by atoms with Gasteiger partial charge in [-0.1, -0.05) is 131 Å². The average molecular weight is 575 g/mol. The Morgan fingerprint density at radius 3 is 1.73 bits per heavy atom. The van der Waals surface area contributed by atoms with Crippen LogP contribution in [0.3, 0.4) is 0 Å². The van der Waals surface area contributed by atoms with Gasteiger partial charge in [0.1, 0.15) is 0 Å². The second-order valence-electron chi connectivity index (χ2n) is 13.7. The minimum Gasteiger partial charge on any atom is -0.0959 e. The second kappa shape index (κ2) is 11.3. The van der Waals surface area contributed by atoms with Crippen molar-refractivity contribution in [3.8, 4) is 0 Å². The Bertz CT molecular complexity index is 1360. The van der Waals surface area contributed by atoms with E-state index in [1.54, 1.807) is 31.3 Å². The zero-order valence-electron chi connectivity index (χ0n) is 24.5. The molecule has 0 amide bonds. The highest BCUT2D eigenvalue weighted by molar-refractivity contribution is 7.80. The predicted octanol–water partition coefficient (Wildman–Crippen LogP) is 9.26. The topological polar surface area (TPSA) is 0 Å². The molecule has 0 heterocycles. The Morgan fingerprint density at radius 1 is 0.634 bits per heavy atom. The van der Waals surface area contributed by atoms with Gasteiger partial charge >= 0.3 is 0 Å². The molecule has 8 unspecified atom stereocenters. The van der Waals surface area contributed by atoms with Crippen LogP contribution in [0.15, 0.2) is 103 Å². The quantitative estimate of drug-likeness (QED) is 0.235. The lowest BCUT2D eigenvalue weighted by atomic mass is 9.93. The van der Waals surface area contributed by atoms with Crippen molar-refractivity contribution in [2.24, 2.45) is 29.6 Å². The molecular formula is C39H44P2. The lowest BCUT2D eigenvalue weighted by molar-refractivity contribution is 0.456. The summed E-state index contributed by atoms with van der Waals surface area (Å²) in [6, 6.07) is 32.0.